The van der Waals surface area contributed by atoms with Crippen molar-refractivity contribution >= 4 is 11.6 Å². The first kappa shape index (κ1) is 15.4. The van der Waals surface area contributed by atoms with Gasteiger partial charge >= 0.3 is 0 Å². The maximum Gasteiger partial charge on any atom is 0.142 e. The number of hydrogen-bond donors (Lipinski definition) is 0. The van der Waals surface area contributed by atoms with Crippen LogP contribution in [0.15, 0.2) is 72.8 Å². The van der Waals surface area contributed by atoms with Crippen LogP contribution in [0, 0.1) is 0 Å². The Balaban J connectivity index is 1.84. The van der Waals surface area contributed by atoms with Crippen LogP contribution in [0.1, 0.15) is 22.7 Å². The number of nitrogens with zero attached hydrogens (tertiary/aromatic N) is 1. The Labute approximate surface area is 148 Å². The standard InChI is InChI=1S/C22H21ClN/c1-24(2,15-16-8-4-3-5-9-16)22-20-11-7-6-10-18(20)19-13-12-17(23)14-21(19)22/h3-14,22H,15H2,1-2H3/q+1. The van der Waals surface area contributed by atoms with Crippen molar-refractivity contribution in [3.05, 3.63) is 94.5 Å². The van der Waals surface area contributed by atoms with Gasteiger partial charge in [0.25, 0.3) is 0 Å². The van der Waals surface area contributed by atoms with Crippen LogP contribution in [-0.4, -0.2) is 18.6 Å². The van der Waals surface area contributed by atoms with E-state index < -0.39 is 0 Å². The highest BCUT2D eigenvalue weighted by molar-refractivity contribution is 6.30. The molecule has 120 valence electrons. The van der Waals surface area contributed by atoms with E-state index in [2.05, 4.69) is 80.8 Å². The predicted molar refractivity (Wildman–Crippen MR) is 101 cm³/mol. The summed E-state index contributed by atoms with van der Waals surface area (Å²) in [6.45, 7) is 0.978. The molecule has 0 saturated carbocycles. The van der Waals surface area contributed by atoms with Gasteiger partial charge in [-0.05, 0) is 23.3 Å². The minimum Gasteiger partial charge on any atom is -0.315 e. The van der Waals surface area contributed by atoms with E-state index >= 15 is 0 Å². The van der Waals surface area contributed by atoms with E-state index in [1.165, 1.54) is 27.8 Å². The van der Waals surface area contributed by atoms with E-state index in [0.717, 1.165) is 16.1 Å². The van der Waals surface area contributed by atoms with Crippen LogP contribution in [0.25, 0.3) is 11.1 Å². The number of fused-ring (bicyclic) bond motifs is 3. The summed E-state index contributed by atoms with van der Waals surface area (Å²) < 4.78 is 0.869. The van der Waals surface area contributed by atoms with Gasteiger partial charge in [-0.2, -0.15) is 0 Å². The molecule has 1 unspecified atom stereocenters. The van der Waals surface area contributed by atoms with E-state index in [9.17, 15) is 0 Å². The largest absolute Gasteiger partial charge is 0.315 e. The van der Waals surface area contributed by atoms with Gasteiger partial charge in [0.05, 0.1) is 14.1 Å². The highest BCUT2D eigenvalue weighted by atomic mass is 35.5. The van der Waals surface area contributed by atoms with Crippen LogP contribution in [0.4, 0.5) is 0 Å². The van der Waals surface area contributed by atoms with Gasteiger partial charge < -0.3 is 4.48 Å². The quantitative estimate of drug-likeness (QED) is 0.540. The zero-order chi connectivity index (χ0) is 16.7. The number of rotatable bonds is 3. The lowest BCUT2D eigenvalue weighted by Crippen LogP contribution is -2.42. The van der Waals surface area contributed by atoms with Crippen molar-refractivity contribution in [2.75, 3.05) is 14.1 Å². The van der Waals surface area contributed by atoms with Crippen molar-refractivity contribution in [3.8, 4) is 11.1 Å². The Morgan fingerprint density at radius 1 is 0.792 bits per heavy atom. The number of hydrogen-bond acceptors (Lipinski definition) is 0. The van der Waals surface area contributed by atoms with Crippen molar-refractivity contribution < 1.29 is 4.48 Å². The molecule has 1 aliphatic rings. The molecule has 0 radical (unpaired) electrons. The normalized spacial score (nSPS) is 15.9. The third kappa shape index (κ3) is 2.54. The van der Waals surface area contributed by atoms with Crippen LogP contribution in [0.3, 0.4) is 0 Å². The molecule has 3 aromatic rings. The van der Waals surface area contributed by atoms with Gasteiger partial charge in [0.1, 0.15) is 12.6 Å². The molecule has 1 nitrogen and oxygen atoms in total. The number of halogens is 1. The molecule has 0 bridgehead atoms. The first-order chi connectivity index (χ1) is 11.6. The second-order valence-corrected chi connectivity index (χ2v) is 7.58. The fraction of sp³-hybridized carbons (Fsp3) is 0.182. The molecule has 3 aromatic carbocycles. The maximum absolute atomic E-state index is 6.33. The predicted octanol–water partition coefficient (Wildman–Crippen LogP) is 5.69. The zero-order valence-electron chi connectivity index (χ0n) is 14.0. The Morgan fingerprint density at radius 3 is 2.25 bits per heavy atom. The van der Waals surface area contributed by atoms with Crippen molar-refractivity contribution in [2.24, 2.45) is 0 Å². The van der Waals surface area contributed by atoms with Crippen molar-refractivity contribution in [2.45, 2.75) is 12.6 Å². The van der Waals surface area contributed by atoms with Gasteiger partial charge in [-0.3, -0.25) is 0 Å². The van der Waals surface area contributed by atoms with Gasteiger partial charge in [-0.15, -0.1) is 0 Å². The molecule has 1 aliphatic carbocycles. The summed E-state index contributed by atoms with van der Waals surface area (Å²) in [6.07, 6.45) is 0. The van der Waals surface area contributed by atoms with Crippen LogP contribution >= 0.6 is 11.6 Å². The molecular weight excluding hydrogens is 314 g/mol. The first-order valence-corrected chi connectivity index (χ1v) is 8.69. The summed E-state index contributed by atoms with van der Waals surface area (Å²) in [5.41, 5.74) is 6.75. The van der Waals surface area contributed by atoms with E-state index in [-0.39, 0.29) is 0 Å². The molecule has 0 aliphatic heterocycles. The molecule has 0 N–H and O–H groups in total. The molecule has 24 heavy (non-hydrogen) atoms. The SMILES string of the molecule is C[N+](C)(Cc1ccccc1)C1c2ccccc2-c2ccc(Cl)cc21. The fourth-order valence-electron chi connectivity index (χ4n) is 4.05. The van der Waals surface area contributed by atoms with E-state index in [1.54, 1.807) is 0 Å². The van der Waals surface area contributed by atoms with Crippen molar-refractivity contribution in [3.63, 3.8) is 0 Å². The summed E-state index contributed by atoms with van der Waals surface area (Å²) in [7, 11) is 4.62. The van der Waals surface area contributed by atoms with Crippen LogP contribution in [0.5, 0.6) is 0 Å². The monoisotopic (exact) mass is 334 g/mol. The van der Waals surface area contributed by atoms with Gasteiger partial charge in [0.15, 0.2) is 0 Å². The maximum atomic E-state index is 6.33. The molecular formula is C22H21ClN+. The smallest absolute Gasteiger partial charge is 0.142 e. The minimum absolute atomic E-state index is 0.301. The molecule has 0 aromatic heterocycles. The third-order valence-corrected chi connectivity index (χ3v) is 5.22. The highest BCUT2D eigenvalue weighted by Crippen LogP contribution is 2.49. The summed E-state index contributed by atoms with van der Waals surface area (Å²) >= 11 is 6.33. The topological polar surface area (TPSA) is 0 Å². The lowest BCUT2D eigenvalue weighted by molar-refractivity contribution is -0.927. The van der Waals surface area contributed by atoms with Gasteiger partial charge in [0.2, 0.25) is 0 Å². The van der Waals surface area contributed by atoms with Crippen molar-refractivity contribution in [1.82, 2.24) is 0 Å². The zero-order valence-corrected chi connectivity index (χ0v) is 14.8. The third-order valence-electron chi connectivity index (χ3n) is 4.99. The molecule has 0 amide bonds. The summed E-state index contributed by atoms with van der Waals surface area (Å²) in [4.78, 5) is 0. The Bertz CT molecular complexity index is 883. The summed E-state index contributed by atoms with van der Waals surface area (Å²) in [6, 6.07) is 26.1. The molecule has 0 saturated heterocycles. The van der Waals surface area contributed by atoms with Gasteiger partial charge in [0, 0.05) is 21.7 Å². The van der Waals surface area contributed by atoms with Crippen LogP contribution in [-0.2, 0) is 6.54 Å². The Hall–Kier alpha value is -2.09. The lowest BCUT2D eigenvalue weighted by atomic mass is 10.0. The molecule has 1 atom stereocenters. The van der Waals surface area contributed by atoms with Crippen molar-refractivity contribution in [1.29, 1.82) is 0 Å². The number of benzene rings is 3. The molecule has 0 heterocycles. The second kappa shape index (κ2) is 5.77. The van der Waals surface area contributed by atoms with E-state index in [1.807, 2.05) is 6.07 Å². The van der Waals surface area contributed by atoms with E-state index in [4.69, 9.17) is 11.6 Å². The molecule has 4 rings (SSSR count). The summed E-state index contributed by atoms with van der Waals surface area (Å²) in [5.74, 6) is 0. The average Bonchev–Trinajstić information content (AvgIpc) is 2.89. The van der Waals surface area contributed by atoms with E-state index in [0.29, 0.717) is 6.04 Å². The number of quaternary nitrogens is 1. The fourth-order valence-corrected chi connectivity index (χ4v) is 4.23. The summed E-state index contributed by atoms with van der Waals surface area (Å²) in [5, 5.41) is 0.811. The second-order valence-electron chi connectivity index (χ2n) is 7.14. The first-order valence-electron chi connectivity index (χ1n) is 8.31. The molecule has 2 heteroatoms. The van der Waals surface area contributed by atoms with Crippen LogP contribution < -0.4 is 0 Å². The van der Waals surface area contributed by atoms with Crippen LogP contribution in [0.2, 0.25) is 5.02 Å². The minimum atomic E-state index is 0.301. The lowest BCUT2D eigenvalue weighted by Gasteiger charge is -2.37. The Kier molecular flexibility index (Phi) is 3.71. The Morgan fingerprint density at radius 2 is 1.46 bits per heavy atom. The molecule has 0 fully saturated rings. The average molecular weight is 335 g/mol. The highest BCUT2D eigenvalue weighted by Gasteiger charge is 2.39. The molecule has 0 spiro atoms. The van der Waals surface area contributed by atoms with Gasteiger partial charge in [-0.25, -0.2) is 0 Å². The van der Waals surface area contributed by atoms with Gasteiger partial charge in [-0.1, -0.05) is 72.3 Å².